The van der Waals surface area contributed by atoms with Crippen molar-refractivity contribution in [2.45, 2.75) is 0 Å². The van der Waals surface area contributed by atoms with Crippen molar-refractivity contribution in [2.75, 3.05) is 14.2 Å². The molecule has 5 nitrogen and oxygen atoms in total. The Morgan fingerprint density at radius 3 is 2.09 bits per heavy atom. The van der Waals surface area contributed by atoms with Gasteiger partial charge in [0, 0.05) is 0 Å². The zero-order chi connectivity index (χ0) is 17.1. The number of aromatic carboxylic acids is 1. The molecular weight excluding hydrogens is 310 g/mol. The molecule has 0 spiro atoms. The highest BCUT2D eigenvalue weighted by atomic mass is 19.1. The number of hydrogen-bond donors (Lipinski definition) is 1. The van der Waals surface area contributed by atoms with Crippen molar-refractivity contribution in [3.05, 3.63) is 53.1 Å². The molecule has 120 valence electrons. The summed E-state index contributed by atoms with van der Waals surface area (Å²) in [6.45, 7) is 0. The lowest BCUT2D eigenvalue weighted by molar-refractivity contribution is 0.0589. The Hall–Kier alpha value is -2.96. The van der Waals surface area contributed by atoms with Crippen molar-refractivity contribution < 1.29 is 33.0 Å². The first-order valence-electron chi connectivity index (χ1n) is 6.38. The Balaban J connectivity index is 2.55. The van der Waals surface area contributed by atoms with Gasteiger partial charge in [0.1, 0.15) is 28.5 Å². The molecule has 0 aromatic heterocycles. The van der Waals surface area contributed by atoms with Gasteiger partial charge in [0.15, 0.2) is 0 Å². The van der Waals surface area contributed by atoms with Crippen LogP contribution in [-0.2, 0) is 4.74 Å². The van der Waals surface area contributed by atoms with Gasteiger partial charge in [0.25, 0.3) is 0 Å². The first-order chi connectivity index (χ1) is 10.9. The molecule has 0 saturated carbocycles. The maximum atomic E-state index is 14.0. The number of carbonyl (C=O) groups excluding carboxylic acids is 1. The van der Waals surface area contributed by atoms with Gasteiger partial charge in [-0.15, -0.1) is 0 Å². The minimum absolute atomic E-state index is 0.0489. The number of methoxy groups -OCH3 is 2. The van der Waals surface area contributed by atoms with Gasteiger partial charge in [0.05, 0.1) is 14.2 Å². The quantitative estimate of drug-likeness (QED) is 0.876. The molecule has 0 aliphatic heterocycles. The fraction of sp³-hybridized carbons (Fsp3) is 0.125. The molecule has 2 aromatic carbocycles. The highest BCUT2D eigenvalue weighted by Gasteiger charge is 2.20. The van der Waals surface area contributed by atoms with Gasteiger partial charge in [-0.1, -0.05) is 6.07 Å². The van der Waals surface area contributed by atoms with E-state index in [0.29, 0.717) is 5.56 Å². The lowest BCUT2D eigenvalue weighted by Crippen LogP contribution is -2.08. The second-order valence-corrected chi connectivity index (χ2v) is 4.53. The lowest BCUT2D eigenvalue weighted by Gasteiger charge is -2.10. The standard InChI is InChI=1S/C16H12F2O5/c1-22-13-7-8(3-4-10(13)15(19)20)9-5-11(17)14(12(18)6-9)16(21)23-2/h3-7H,1-2H3,(H,19,20). The smallest absolute Gasteiger partial charge is 0.343 e. The number of carbonyl (C=O) groups is 2. The maximum absolute atomic E-state index is 14.0. The molecule has 0 aliphatic carbocycles. The van der Waals surface area contributed by atoms with E-state index in [-0.39, 0.29) is 16.9 Å². The van der Waals surface area contributed by atoms with Crippen LogP contribution in [0.4, 0.5) is 8.78 Å². The Labute approximate surface area is 130 Å². The highest BCUT2D eigenvalue weighted by Crippen LogP contribution is 2.29. The minimum Gasteiger partial charge on any atom is -0.496 e. The van der Waals surface area contributed by atoms with E-state index in [0.717, 1.165) is 19.2 Å². The third-order valence-electron chi connectivity index (χ3n) is 3.20. The molecule has 0 bridgehead atoms. The largest absolute Gasteiger partial charge is 0.496 e. The lowest BCUT2D eigenvalue weighted by atomic mass is 10.0. The van der Waals surface area contributed by atoms with E-state index in [2.05, 4.69) is 4.74 Å². The summed E-state index contributed by atoms with van der Waals surface area (Å²) in [4.78, 5) is 22.4. The van der Waals surface area contributed by atoms with Gasteiger partial charge in [-0.05, 0) is 35.4 Å². The molecule has 7 heteroatoms. The van der Waals surface area contributed by atoms with Crippen molar-refractivity contribution in [2.24, 2.45) is 0 Å². The molecule has 0 unspecified atom stereocenters. The van der Waals surface area contributed by atoms with Gasteiger partial charge in [-0.25, -0.2) is 18.4 Å². The molecule has 2 aromatic rings. The van der Waals surface area contributed by atoms with Crippen LogP contribution in [0.25, 0.3) is 11.1 Å². The molecule has 0 saturated heterocycles. The van der Waals surface area contributed by atoms with Gasteiger partial charge in [-0.2, -0.15) is 0 Å². The fourth-order valence-corrected chi connectivity index (χ4v) is 2.08. The first kappa shape index (κ1) is 16.4. The fourth-order valence-electron chi connectivity index (χ4n) is 2.08. The number of ether oxygens (including phenoxy) is 2. The summed E-state index contributed by atoms with van der Waals surface area (Å²) in [6.07, 6.45) is 0. The monoisotopic (exact) mass is 322 g/mol. The molecule has 23 heavy (non-hydrogen) atoms. The van der Waals surface area contributed by atoms with E-state index in [1.165, 1.54) is 25.3 Å². The summed E-state index contributed by atoms with van der Waals surface area (Å²) in [7, 11) is 2.30. The second-order valence-electron chi connectivity index (χ2n) is 4.53. The van der Waals surface area contributed by atoms with Gasteiger partial charge >= 0.3 is 11.9 Å². The summed E-state index contributed by atoms with van der Waals surface area (Å²) in [6, 6.07) is 5.92. The second kappa shape index (κ2) is 6.43. The number of benzene rings is 2. The molecule has 0 fully saturated rings. The molecule has 0 atom stereocenters. The van der Waals surface area contributed by atoms with Crippen molar-refractivity contribution in [3.8, 4) is 16.9 Å². The van der Waals surface area contributed by atoms with E-state index < -0.39 is 29.1 Å². The van der Waals surface area contributed by atoms with Crippen LogP contribution in [0.2, 0.25) is 0 Å². The molecule has 1 N–H and O–H groups in total. The topological polar surface area (TPSA) is 72.8 Å². The predicted octanol–water partition coefficient (Wildman–Crippen LogP) is 3.13. The van der Waals surface area contributed by atoms with Crippen molar-refractivity contribution in [1.82, 2.24) is 0 Å². The number of carboxylic acids is 1. The predicted molar refractivity (Wildman–Crippen MR) is 76.6 cm³/mol. The van der Waals surface area contributed by atoms with Crippen LogP contribution in [0, 0.1) is 11.6 Å². The van der Waals surface area contributed by atoms with Crippen LogP contribution in [0.15, 0.2) is 30.3 Å². The summed E-state index contributed by atoms with van der Waals surface area (Å²) in [5.41, 5.74) is -0.405. The van der Waals surface area contributed by atoms with Crippen LogP contribution in [0.5, 0.6) is 5.75 Å². The van der Waals surface area contributed by atoms with Gasteiger partial charge in [-0.3, -0.25) is 0 Å². The average Bonchev–Trinajstić information content (AvgIpc) is 2.53. The zero-order valence-electron chi connectivity index (χ0n) is 12.2. The van der Waals surface area contributed by atoms with Crippen LogP contribution in [0.1, 0.15) is 20.7 Å². The van der Waals surface area contributed by atoms with Crippen molar-refractivity contribution in [1.29, 1.82) is 0 Å². The third kappa shape index (κ3) is 3.13. The number of rotatable bonds is 4. The zero-order valence-corrected chi connectivity index (χ0v) is 12.2. The average molecular weight is 322 g/mol. The summed E-state index contributed by atoms with van der Waals surface area (Å²) >= 11 is 0. The SMILES string of the molecule is COC(=O)c1c(F)cc(-c2ccc(C(=O)O)c(OC)c2)cc1F. The molecule has 0 heterocycles. The number of hydrogen-bond acceptors (Lipinski definition) is 4. The maximum Gasteiger partial charge on any atom is 0.343 e. The molecule has 0 aliphatic rings. The van der Waals surface area contributed by atoms with Gasteiger partial charge < -0.3 is 14.6 Å². The molecule has 2 rings (SSSR count). The molecule has 0 amide bonds. The normalized spacial score (nSPS) is 10.3. The van der Waals surface area contributed by atoms with Crippen LogP contribution in [-0.4, -0.2) is 31.3 Å². The summed E-state index contributed by atoms with van der Waals surface area (Å²) < 4.78 is 37.2. The Morgan fingerprint density at radius 1 is 1.00 bits per heavy atom. The number of halogens is 2. The first-order valence-corrected chi connectivity index (χ1v) is 6.38. The Morgan fingerprint density at radius 2 is 1.61 bits per heavy atom. The van der Waals surface area contributed by atoms with Crippen LogP contribution < -0.4 is 4.74 Å². The Kier molecular flexibility index (Phi) is 4.59. The van der Waals surface area contributed by atoms with E-state index in [1.54, 1.807) is 0 Å². The minimum atomic E-state index is -1.19. The van der Waals surface area contributed by atoms with E-state index in [1.807, 2.05) is 0 Å². The van der Waals surface area contributed by atoms with Crippen LogP contribution in [0.3, 0.4) is 0 Å². The van der Waals surface area contributed by atoms with E-state index in [9.17, 15) is 18.4 Å². The number of carboxylic acid groups (broad SMARTS) is 1. The van der Waals surface area contributed by atoms with Crippen molar-refractivity contribution in [3.63, 3.8) is 0 Å². The Bertz CT molecular complexity index is 763. The van der Waals surface area contributed by atoms with Crippen LogP contribution >= 0.6 is 0 Å². The summed E-state index contributed by atoms with van der Waals surface area (Å²) in [5, 5.41) is 9.02. The molecule has 0 radical (unpaired) electrons. The summed E-state index contributed by atoms with van der Waals surface area (Å²) in [5.74, 6) is -4.41. The highest BCUT2D eigenvalue weighted by molar-refractivity contribution is 5.93. The van der Waals surface area contributed by atoms with Crippen molar-refractivity contribution >= 4 is 11.9 Å². The number of esters is 1. The van der Waals surface area contributed by atoms with E-state index in [4.69, 9.17) is 9.84 Å². The van der Waals surface area contributed by atoms with E-state index >= 15 is 0 Å². The molecular formula is C16H12F2O5. The third-order valence-corrected chi connectivity index (χ3v) is 3.20. The van der Waals surface area contributed by atoms with Gasteiger partial charge in [0.2, 0.25) is 0 Å².